The van der Waals surface area contributed by atoms with Crippen molar-refractivity contribution in [1.82, 2.24) is 0 Å². The fourth-order valence-corrected chi connectivity index (χ4v) is 3.52. The molecule has 0 aliphatic heterocycles. The van der Waals surface area contributed by atoms with Gasteiger partial charge < -0.3 is 9.84 Å². The molecule has 0 aliphatic carbocycles. The van der Waals surface area contributed by atoms with E-state index in [1.165, 1.54) is 96.0 Å². The van der Waals surface area contributed by atoms with Gasteiger partial charge in [0.25, 0.3) is 0 Å². The number of carbonyl (C=O) groups is 2. The highest BCUT2D eigenvalue weighted by molar-refractivity contribution is 5.80. The summed E-state index contributed by atoms with van der Waals surface area (Å²) in [5.41, 5.74) is 0. The Morgan fingerprint density at radius 1 is 0.833 bits per heavy atom. The molecule has 0 spiro atoms. The molecular weight excluding hydrogens is 376 g/mol. The van der Waals surface area contributed by atoms with E-state index in [0.29, 0.717) is 0 Å². The van der Waals surface area contributed by atoms with Gasteiger partial charge in [-0.25, -0.2) is 0 Å². The number of carboxylic acid groups (broad SMARTS) is 1. The van der Waals surface area contributed by atoms with Crippen LogP contribution in [-0.2, 0) is 14.3 Å². The molecule has 0 rings (SSSR count). The van der Waals surface area contributed by atoms with Gasteiger partial charge in [-0.3, -0.25) is 9.59 Å². The summed E-state index contributed by atoms with van der Waals surface area (Å²) in [5.74, 6) is -2.30. The third-order valence-electron chi connectivity index (χ3n) is 5.41. The summed E-state index contributed by atoms with van der Waals surface area (Å²) in [5, 5.41) is 9.20. The zero-order chi connectivity index (χ0) is 22.3. The van der Waals surface area contributed by atoms with Crippen LogP contribution in [0.25, 0.3) is 0 Å². The maximum Gasteiger partial charge on any atom is 0.310 e. The second-order valence-corrected chi connectivity index (χ2v) is 8.29. The Hall–Kier alpha value is -1.58. The van der Waals surface area contributed by atoms with Crippen LogP contribution in [0.1, 0.15) is 116 Å². The number of carboxylic acids is 1. The van der Waals surface area contributed by atoms with Gasteiger partial charge in [0.15, 0.2) is 0 Å². The lowest BCUT2D eigenvalue weighted by Crippen LogP contribution is -2.17. The highest BCUT2D eigenvalue weighted by Crippen LogP contribution is 2.14. The predicted octanol–water partition coefficient (Wildman–Crippen LogP) is 7.62. The number of allylic oxidation sites excluding steroid dienone is 1. The van der Waals surface area contributed by atoms with Crippen LogP contribution < -0.4 is 0 Å². The van der Waals surface area contributed by atoms with Crippen LogP contribution in [0.5, 0.6) is 0 Å². The van der Waals surface area contributed by atoms with Gasteiger partial charge in [-0.2, -0.15) is 0 Å². The number of rotatable bonds is 22. The number of ether oxygens (including phenoxy) is 1. The summed E-state index contributed by atoms with van der Waals surface area (Å²) in [6.45, 7) is 5.85. The summed E-state index contributed by atoms with van der Waals surface area (Å²) in [6.07, 6.45) is 25.8. The van der Waals surface area contributed by atoms with Crippen molar-refractivity contribution in [3.63, 3.8) is 0 Å². The Morgan fingerprint density at radius 3 is 1.73 bits per heavy atom. The van der Waals surface area contributed by atoms with Gasteiger partial charge >= 0.3 is 11.9 Å². The fourth-order valence-electron chi connectivity index (χ4n) is 3.52. The lowest BCUT2D eigenvalue weighted by Gasteiger charge is -2.07. The maximum atomic E-state index is 11.5. The van der Waals surface area contributed by atoms with Crippen LogP contribution >= 0.6 is 0 Å². The molecule has 0 aromatic carbocycles. The van der Waals surface area contributed by atoms with Gasteiger partial charge in [0.1, 0.15) is 6.61 Å². The molecule has 0 aromatic rings. The molecule has 0 saturated carbocycles. The van der Waals surface area contributed by atoms with Gasteiger partial charge in [-0.15, -0.1) is 0 Å². The minimum atomic E-state index is -0.988. The minimum Gasteiger partial charge on any atom is -0.481 e. The SMILES string of the molecule is C=CCOC(=O)CC(/C=C/CCCCCCCCCCCCCCCCC)C(=O)O. The predicted molar refractivity (Wildman–Crippen MR) is 126 cm³/mol. The number of esters is 1. The summed E-state index contributed by atoms with van der Waals surface area (Å²) in [4.78, 5) is 22.8. The summed E-state index contributed by atoms with van der Waals surface area (Å²) in [6, 6.07) is 0. The standard InChI is InChI=1S/C26H46O4/c1-3-5-6-7-8-9-10-11-12-13-14-15-16-17-18-19-20-21-24(26(28)29)23-25(27)30-22-4-2/h4,20-21,24H,2-3,5-19,22-23H2,1H3,(H,28,29)/b21-20+. The summed E-state index contributed by atoms with van der Waals surface area (Å²) < 4.78 is 4.85. The van der Waals surface area contributed by atoms with E-state index in [0.717, 1.165) is 12.8 Å². The quantitative estimate of drug-likeness (QED) is 0.111. The van der Waals surface area contributed by atoms with Crippen molar-refractivity contribution >= 4 is 11.9 Å². The zero-order valence-electron chi connectivity index (χ0n) is 19.4. The van der Waals surface area contributed by atoms with Gasteiger partial charge in [-0.1, -0.05) is 122 Å². The molecule has 0 bridgehead atoms. The highest BCUT2D eigenvalue weighted by Gasteiger charge is 2.18. The number of hydrogen-bond donors (Lipinski definition) is 1. The van der Waals surface area contributed by atoms with Gasteiger partial charge in [0, 0.05) is 0 Å². The van der Waals surface area contributed by atoms with E-state index in [1.54, 1.807) is 6.08 Å². The Labute approximate surface area is 185 Å². The van der Waals surface area contributed by atoms with Crippen molar-refractivity contribution in [1.29, 1.82) is 0 Å². The first-order valence-electron chi connectivity index (χ1n) is 12.3. The van der Waals surface area contributed by atoms with E-state index in [9.17, 15) is 14.7 Å². The van der Waals surface area contributed by atoms with Gasteiger partial charge in [-0.05, 0) is 12.8 Å². The lowest BCUT2D eigenvalue weighted by molar-refractivity contribution is -0.149. The summed E-state index contributed by atoms with van der Waals surface area (Å²) in [7, 11) is 0. The molecule has 4 heteroatoms. The molecule has 0 heterocycles. The number of aliphatic carboxylic acids is 1. The zero-order valence-corrected chi connectivity index (χ0v) is 19.4. The third kappa shape index (κ3) is 19.7. The molecular formula is C26H46O4. The van der Waals surface area contributed by atoms with Crippen LogP contribution in [-0.4, -0.2) is 23.7 Å². The second kappa shape index (κ2) is 22.1. The largest absolute Gasteiger partial charge is 0.481 e. The first-order valence-corrected chi connectivity index (χ1v) is 12.3. The Kier molecular flexibility index (Phi) is 20.9. The first kappa shape index (κ1) is 28.4. The average Bonchev–Trinajstić information content (AvgIpc) is 2.73. The monoisotopic (exact) mass is 422 g/mol. The van der Waals surface area contributed by atoms with E-state index >= 15 is 0 Å². The van der Waals surface area contributed by atoms with Crippen molar-refractivity contribution in [2.24, 2.45) is 5.92 Å². The van der Waals surface area contributed by atoms with E-state index in [1.807, 2.05) is 6.08 Å². The summed E-state index contributed by atoms with van der Waals surface area (Å²) >= 11 is 0. The van der Waals surface area contributed by atoms with Crippen LogP contribution in [0.15, 0.2) is 24.8 Å². The van der Waals surface area contributed by atoms with Crippen molar-refractivity contribution < 1.29 is 19.4 Å². The first-order chi connectivity index (χ1) is 14.6. The van der Waals surface area contributed by atoms with Crippen molar-refractivity contribution in [2.45, 2.75) is 116 Å². The molecule has 1 unspecified atom stereocenters. The molecule has 1 atom stereocenters. The normalized spacial score (nSPS) is 12.2. The van der Waals surface area contributed by atoms with E-state index in [2.05, 4.69) is 13.5 Å². The van der Waals surface area contributed by atoms with E-state index < -0.39 is 17.9 Å². The molecule has 0 radical (unpaired) electrons. The molecule has 0 aliphatic rings. The van der Waals surface area contributed by atoms with Crippen molar-refractivity contribution in [3.05, 3.63) is 24.8 Å². The second-order valence-electron chi connectivity index (χ2n) is 8.29. The topological polar surface area (TPSA) is 63.6 Å². The molecule has 0 amide bonds. The number of hydrogen-bond acceptors (Lipinski definition) is 3. The van der Waals surface area contributed by atoms with Gasteiger partial charge in [0.2, 0.25) is 0 Å². The minimum absolute atomic E-state index is 0.119. The lowest BCUT2D eigenvalue weighted by atomic mass is 10.0. The smallest absolute Gasteiger partial charge is 0.310 e. The van der Waals surface area contributed by atoms with E-state index in [-0.39, 0.29) is 13.0 Å². The Bertz CT molecular complexity index is 456. The highest BCUT2D eigenvalue weighted by atomic mass is 16.5. The molecule has 174 valence electrons. The maximum absolute atomic E-state index is 11.5. The molecule has 4 nitrogen and oxygen atoms in total. The van der Waals surface area contributed by atoms with Crippen molar-refractivity contribution in [2.75, 3.05) is 6.61 Å². The van der Waals surface area contributed by atoms with Gasteiger partial charge in [0.05, 0.1) is 12.3 Å². The molecule has 0 saturated heterocycles. The van der Waals surface area contributed by atoms with Crippen LogP contribution in [0.4, 0.5) is 0 Å². The third-order valence-corrected chi connectivity index (χ3v) is 5.41. The molecule has 0 fully saturated rings. The Morgan fingerprint density at radius 2 is 1.30 bits per heavy atom. The number of unbranched alkanes of at least 4 members (excludes halogenated alkanes) is 15. The molecule has 1 N–H and O–H groups in total. The Balaban J connectivity index is 3.51. The van der Waals surface area contributed by atoms with Crippen LogP contribution in [0.2, 0.25) is 0 Å². The number of carbonyl (C=O) groups excluding carboxylic acids is 1. The molecule has 30 heavy (non-hydrogen) atoms. The van der Waals surface area contributed by atoms with Crippen LogP contribution in [0, 0.1) is 5.92 Å². The van der Waals surface area contributed by atoms with Crippen molar-refractivity contribution in [3.8, 4) is 0 Å². The molecule has 0 aromatic heterocycles. The van der Waals surface area contributed by atoms with Crippen LogP contribution in [0.3, 0.4) is 0 Å². The van der Waals surface area contributed by atoms with E-state index in [4.69, 9.17) is 4.74 Å². The fraction of sp³-hybridized carbons (Fsp3) is 0.769. The average molecular weight is 423 g/mol.